The monoisotopic (exact) mass is 339 g/mol. The molecular formula is C17H17N5O3. The Morgan fingerprint density at radius 3 is 2.84 bits per heavy atom. The summed E-state index contributed by atoms with van der Waals surface area (Å²) in [6.07, 6.45) is 4.77. The average molecular weight is 339 g/mol. The Morgan fingerprint density at radius 1 is 1.20 bits per heavy atom. The summed E-state index contributed by atoms with van der Waals surface area (Å²) in [5, 5.41) is 8.16. The second kappa shape index (κ2) is 6.76. The molecule has 0 saturated carbocycles. The summed E-state index contributed by atoms with van der Waals surface area (Å²) in [7, 11) is 0. The number of benzene rings is 1. The van der Waals surface area contributed by atoms with Crippen molar-refractivity contribution >= 4 is 11.8 Å². The number of nitrogens with zero attached hydrogens (tertiary/aromatic N) is 5. The van der Waals surface area contributed by atoms with Crippen LogP contribution in [0.2, 0.25) is 0 Å². The lowest BCUT2D eigenvalue weighted by Crippen LogP contribution is -2.37. The highest BCUT2D eigenvalue weighted by molar-refractivity contribution is 5.88. The number of aromatic nitrogens is 4. The fourth-order valence-electron chi connectivity index (χ4n) is 2.69. The molecule has 8 heteroatoms. The first-order valence-corrected chi connectivity index (χ1v) is 8.14. The molecule has 0 N–H and O–H groups in total. The third kappa shape index (κ3) is 3.37. The standard InChI is InChI=1S/C17H17N5O3/c23-17-22(10-2-12-24-17)14-5-3-13(4-6-14)16-19-15(25-20-16)7-11-21-9-1-8-18-21/h1,3-6,8-9H,2,7,10-12H2. The van der Waals surface area contributed by atoms with Gasteiger partial charge in [0.25, 0.3) is 0 Å². The SMILES string of the molecule is O=C1OCCCN1c1ccc(-c2noc(CCn3cccn3)n2)cc1. The Labute approximate surface area is 144 Å². The molecule has 0 spiro atoms. The Balaban J connectivity index is 1.44. The number of carbonyl (C=O) groups is 1. The molecule has 1 fully saturated rings. The predicted molar refractivity (Wildman–Crippen MR) is 89.0 cm³/mol. The van der Waals surface area contributed by atoms with Gasteiger partial charge >= 0.3 is 6.09 Å². The van der Waals surface area contributed by atoms with E-state index in [0.717, 1.165) is 17.7 Å². The van der Waals surface area contributed by atoms with Crippen molar-refractivity contribution in [2.24, 2.45) is 0 Å². The van der Waals surface area contributed by atoms with Crippen molar-refractivity contribution in [1.29, 1.82) is 0 Å². The van der Waals surface area contributed by atoms with Gasteiger partial charge in [0, 0.05) is 43.2 Å². The number of hydrogen-bond donors (Lipinski definition) is 0. The number of amides is 1. The topological polar surface area (TPSA) is 86.3 Å². The highest BCUT2D eigenvalue weighted by Gasteiger charge is 2.21. The quantitative estimate of drug-likeness (QED) is 0.710. The Bertz CT molecular complexity index is 842. The van der Waals surface area contributed by atoms with E-state index in [-0.39, 0.29) is 6.09 Å². The number of ether oxygens (including phenoxy) is 1. The van der Waals surface area contributed by atoms with Crippen LogP contribution < -0.4 is 4.90 Å². The Morgan fingerprint density at radius 2 is 2.08 bits per heavy atom. The van der Waals surface area contributed by atoms with E-state index < -0.39 is 0 Å². The largest absolute Gasteiger partial charge is 0.449 e. The van der Waals surface area contributed by atoms with E-state index in [2.05, 4.69) is 15.2 Å². The molecule has 1 aliphatic rings. The minimum Gasteiger partial charge on any atom is -0.449 e. The number of rotatable bonds is 5. The van der Waals surface area contributed by atoms with Crippen LogP contribution in [0.3, 0.4) is 0 Å². The van der Waals surface area contributed by atoms with Crippen LogP contribution in [0.5, 0.6) is 0 Å². The molecule has 0 bridgehead atoms. The van der Waals surface area contributed by atoms with Crippen molar-refractivity contribution in [3.05, 3.63) is 48.6 Å². The molecule has 25 heavy (non-hydrogen) atoms. The van der Waals surface area contributed by atoms with E-state index in [9.17, 15) is 4.79 Å². The molecule has 1 saturated heterocycles. The van der Waals surface area contributed by atoms with Crippen LogP contribution in [-0.2, 0) is 17.7 Å². The molecule has 0 atom stereocenters. The van der Waals surface area contributed by atoms with Gasteiger partial charge < -0.3 is 9.26 Å². The second-order valence-electron chi connectivity index (χ2n) is 5.70. The summed E-state index contributed by atoms with van der Waals surface area (Å²) in [6.45, 7) is 1.83. The van der Waals surface area contributed by atoms with Gasteiger partial charge in [-0.05, 0) is 36.8 Å². The van der Waals surface area contributed by atoms with Gasteiger partial charge in [-0.25, -0.2) is 4.79 Å². The average Bonchev–Trinajstić information content (AvgIpc) is 3.32. The highest BCUT2D eigenvalue weighted by Crippen LogP contribution is 2.23. The second-order valence-corrected chi connectivity index (χ2v) is 5.70. The van der Waals surface area contributed by atoms with Gasteiger partial charge in [0.2, 0.25) is 11.7 Å². The van der Waals surface area contributed by atoms with E-state index in [4.69, 9.17) is 9.26 Å². The summed E-state index contributed by atoms with van der Waals surface area (Å²) in [4.78, 5) is 17.8. The van der Waals surface area contributed by atoms with Gasteiger partial charge in [-0.1, -0.05) is 5.16 Å². The number of anilines is 1. The lowest BCUT2D eigenvalue weighted by atomic mass is 10.2. The normalized spacial score (nSPS) is 14.6. The first-order valence-electron chi connectivity index (χ1n) is 8.14. The van der Waals surface area contributed by atoms with Crippen LogP contribution in [-0.4, -0.2) is 39.2 Å². The van der Waals surface area contributed by atoms with E-state index >= 15 is 0 Å². The van der Waals surface area contributed by atoms with Gasteiger partial charge in [-0.2, -0.15) is 10.1 Å². The van der Waals surface area contributed by atoms with Crippen molar-refractivity contribution < 1.29 is 14.1 Å². The maximum Gasteiger partial charge on any atom is 0.414 e. The van der Waals surface area contributed by atoms with Crippen LogP contribution in [0.4, 0.5) is 10.5 Å². The lowest BCUT2D eigenvalue weighted by Gasteiger charge is -2.26. The van der Waals surface area contributed by atoms with Gasteiger partial charge in [-0.15, -0.1) is 0 Å². The maximum atomic E-state index is 11.8. The van der Waals surface area contributed by atoms with Crippen LogP contribution in [0.15, 0.2) is 47.2 Å². The molecule has 0 radical (unpaired) electrons. The van der Waals surface area contributed by atoms with Crippen LogP contribution in [0, 0.1) is 0 Å². The fraction of sp³-hybridized carbons (Fsp3) is 0.294. The smallest absolute Gasteiger partial charge is 0.414 e. The molecular weight excluding hydrogens is 322 g/mol. The molecule has 3 aromatic rings. The van der Waals surface area contributed by atoms with E-state index in [1.54, 1.807) is 11.1 Å². The van der Waals surface area contributed by atoms with Gasteiger partial charge in [0.15, 0.2) is 0 Å². The van der Waals surface area contributed by atoms with Crippen molar-refractivity contribution in [2.45, 2.75) is 19.4 Å². The van der Waals surface area contributed by atoms with Crippen molar-refractivity contribution in [3.63, 3.8) is 0 Å². The molecule has 1 amide bonds. The molecule has 0 unspecified atom stereocenters. The molecule has 8 nitrogen and oxygen atoms in total. The van der Waals surface area contributed by atoms with E-state index in [0.29, 0.717) is 37.8 Å². The zero-order chi connectivity index (χ0) is 17.1. The molecule has 3 heterocycles. The number of aryl methyl sites for hydroxylation is 2. The third-order valence-corrected chi connectivity index (χ3v) is 3.99. The lowest BCUT2D eigenvalue weighted by molar-refractivity contribution is 0.140. The predicted octanol–water partition coefficient (Wildman–Crippen LogP) is 2.52. The third-order valence-electron chi connectivity index (χ3n) is 3.99. The Hall–Kier alpha value is -3.16. The van der Waals surface area contributed by atoms with Gasteiger partial charge in [0.1, 0.15) is 0 Å². The maximum absolute atomic E-state index is 11.8. The summed E-state index contributed by atoms with van der Waals surface area (Å²) in [6, 6.07) is 9.35. The van der Waals surface area contributed by atoms with Crippen LogP contribution in [0.1, 0.15) is 12.3 Å². The van der Waals surface area contributed by atoms with Gasteiger partial charge in [-0.3, -0.25) is 9.58 Å². The van der Waals surface area contributed by atoms with Crippen LogP contribution in [0.25, 0.3) is 11.4 Å². The minimum absolute atomic E-state index is 0.306. The van der Waals surface area contributed by atoms with Crippen molar-refractivity contribution in [3.8, 4) is 11.4 Å². The van der Waals surface area contributed by atoms with Crippen molar-refractivity contribution in [1.82, 2.24) is 19.9 Å². The number of carbonyl (C=O) groups excluding carboxylic acids is 1. The zero-order valence-corrected chi connectivity index (χ0v) is 13.5. The van der Waals surface area contributed by atoms with Crippen LogP contribution >= 0.6 is 0 Å². The molecule has 128 valence electrons. The minimum atomic E-state index is -0.306. The Kier molecular flexibility index (Phi) is 4.16. The fourth-order valence-corrected chi connectivity index (χ4v) is 2.69. The van der Waals surface area contributed by atoms with Gasteiger partial charge in [0.05, 0.1) is 6.61 Å². The summed E-state index contributed by atoms with van der Waals surface area (Å²) in [5.41, 5.74) is 1.64. The number of hydrogen-bond acceptors (Lipinski definition) is 6. The zero-order valence-electron chi connectivity index (χ0n) is 13.5. The molecule has 0 aliphatic carbocycles. The summed E-state index contributed by atoms with van der Waals surface area (Å²) in [5.74, 6) is 1.09. The van der Waals surface area contributed by atoms with E-state index in [1.165, 1.54) is 0 Å². The first-order chi connectivity index (χ1) is 12.3. The summed E-state index contributed by atoms with van der Waals surface area (Å²) < 4.78 is 12.2. The molecule has 1 aliphatic heterocycles. The summed E-state index contributed by atoms with van der Waals surface area (Å²) >= 11 is 0. The molecule has 1 aromatic carbocycles. The number of cyclic esters (lactones) is 1. The molecule has 4 rings (SSSR count). The van der Waals surface area contributed by atoms with Crippen molar-refractivity contribution in [2.75, 3.05) is 18.1 Å². The molecule has 2 aromatic heterocycles. The van der Waals surface area contributed by atoms with E-state index in [1.807, 2.05) is 41.2 Å². The highest BCUT2D eigenvalue weighted by atomic mass is 16.6. The first kappa shape index (κ1) is 15.4.